The van der Waals surface area contributed by atoms with Gasteiger partial charge in [-0.2, -0.15) is 9.97 Å². The first-order valence-electron chi connectivity index (χ1n) is 13.2. The van der Waals surface area contributed by atoms with Gasteiger partial charge in [-0.15, -0.1) is 0 Å². The molecule has 41 heavy (non-hydrogen) atoms. The average molecular weight is 595 g/mol. The van der Waals surface area contributed by atoms with E-state index in [1.165, 1.54) is 34.1 Å². The lowest BCUT2D eigenvalue weighted by molar-refractivity contribution is -0.115. The van der Waals surface area contributed by atoms with E-state index in [1.807, 2.05) is 0 Å². The first-order chi connectivity index (χ1) is 19.8. The number of amides is 2. The average Bonchev–Trinajstić information content (AvgIpc) is 2.94. The number of ether oxygens (including phenoxy) is 4. The van der Waals surface area contributed by atoms with Gasteiger partial charge in [-0.05, 0) is 18.2 Å². The molecule has 15 nitrogen and oxygen atoms in total. The zero-order valence-electron chi connectivity index (χ0n) is 23.8. The summed E-state index contributed by atoms with van der Waals surface area (Å²) < 4.78 is 21.9. The van der Waals surface area contributed by atoms with Crippen LogP contribution >= 0.6 is 11.8 Å². The first-order valence-corrected chi connectivity index (χ1v) is 14.0. The highest BCUT2D eigenvalue weighted by Crippen LogP contribution is 2.40. The van der Waals surface area contributed by atoms with E-state index >= 15 is 0 Å². The zero-order valence-corrected chi connectivity index (χ0v) is 24.7. The fourth-order valence-electron chi connectivity index (χ4n) is 3.90. The van der Waals surface area contributed by atoms with Crippen LogP contribution in [-0.2, 0) is 19.1 Å². The summed E-state index contributed by atoms with van der Waals surface area (Å²) >= 11 is 1.09. The second-order valence-electron chi connectivity index (χ2n) is 8.89. The van der Waals surface area contributed by atoms with E-state index in [4.69, 9.17) is 24.1 Å². The topological polar surface area (TPSA) is 173 Å². The lowest BCUT2D eigenvalue weighted by Gasteiger charge is -2.34. The summed E-state index contributed by atoms with van der Waals surface area (Å²) in [4.78, 5) is 46.1. The standard InChI is InChI=1S/C25H38N8O7S/c1-17(35)26-19-16-20(27-18(2)36)29-25(28-19)41-21-22(37-3)30-24(31-23(21)38-4)33-9-7-32(8-10-33)6-5-12-39-14-15-40-13-11-34/h16,34H,5-15H2,1-4H3,(H2,26,27,28,29,35,36). The molecular formula is C25H38N8O7S. The van der Waals surface area contributed by atoms with Crippen molar-refractivity contribution in [3.05, 3.63) is 6.07 Å². The maximum Gasteiger partial charge on any atom is 0.236 e. The van der Waals surface area contributed by atoms with Crippen molar-refractivity contribution < 1.29 is 33.6 Å². The Morgan fingerprint density at radius 3 is 1.95 bits per heavy atom. The van der Waals surface area contributed by atoms with E-state index in [0.717, 1.165) is 50.9 Å². The Balaban J connectivity index is 1.64. The molecule has 0 aromatic carbocycles. The van der Waals surface area contributed by atoms with Gasteiger partial charge in [0.1, 0.15) is 16.5 Å². The normalized spacial score (nSPS) is 13.6. The molecule has 1 fully saturated rings. The van der Waals surface area contributed by atoms with E-state index in [-0.39, 0.29) is 47.0 Å². The molecule has 1 aliphatic heterocycles. The molecule has 3 heterocycles. The minimum Gasteiger partial charge on any atom is -0.480 e. The van der Waals surface area contributed by atoms with Gasteiger partial charge in [-0.1, -0.05) is 0 Å². The number of carbonyl (C=O) groups is 2. The third-order valence-corrected chi connectivity index (χ3v) is 6.63. The van der Waals surface area contributed by atoms with Gasteiger partial charge in [0.15, 0.2) is 5.16 Å². The number of anilines is 3. The van der Waals surface area contributed by atoms with Gasteiger partial charge in [0, 0.05) is 59.2 Å². The quantitative estimate of drug-likeness (QED) is 0.185. The number of methoxy groups -OCH3 is 2. The van der Waals surface area contributed by atoms with Crippen molar-refractivity contribution in [2.24, 2.45) is 0 Å². The van der Waals surface area contributed by atoms with Gasteiger partial charge in [0.05, 0.1) is 40.6 Å². The second-order valence-corrected chi connectivity index (χ2v) is 9.86. The van der Waals surface area contributed by atoms with Crippen molar-refractivity contribution in [2.75, 3.05) is 95.5 Å². The van der Waals surface area contributed by atoms with Crippen LogP contribution in [0.4, 0.5) is 17.6 Å². The highest BCUT2D eigenvalue weighted by atomic mass is 32.2. The molecule has 0 unspecified atom stereocenters. The second kappa shape index (κ2) is 16.8. The lowest BCUT2D eigenvalue weighted by Crippen LogP contribution is -2.47. The van der Waals surface area contributed by atoms with Crippen LogP contribution in [-0.4, -0.2) is 122 Å². The van der Waals surface area contributed by atoms with Crippen LogP contribution in [0.5, 0.6) is 11.8 Å². The zero-order chi connectivity index (χ0) is 29.6. The fourth-order valence-corrected chi connectivity index (χ4v) is 4.81. The Labute approximate surface area is 243 Å². The van der Waals surface area contributed by atoms with Gasteiger partial charge < -0.3 is 39.6 Å². The van der Waals surface area contributed by atoms with E-state index in [2.05, 4.69) is 40.4 Å². The molecule has 0 aliphatic carbocycles. The Morgan fingerprint density at radius 2 is 1.44 bits per heavy atom. The lowest BCUT2D eigenvalue weighted by atomic mass is 10.3. The van der Waals surface area contributed by atoms with Crippen molar-refractivity contribution in [2.45, 2.75) is 30.3 Å². The number of nitrogens with zero attached hydrogens (tertiary/aromatic N) is 6. The molecule has 2 amide bonds. The van der Waals surface area contributed by atoms with Gasteiger partial charge in [-0.25, -0.2) is 9.97 Å². The van der Waals surface area contributed by atoms with Gasteiger partial charge in [0.2, 0.25) is 29.5 Å². The minimum atomic E-state index is -0.315. The number of aromatic nitrogens is 4. The predicted molar refractivity (Wildman–Crippen MR) is 152 cm³/mol. The number of nitrogens with one attached hydrogen (secondary N) is 2. The first kappa shape index (κ1) is 32.2. The van der Waals surface area contributed by atoms with E-state index in [1.54, 1.807) is 0 Å². The Bertz CT molecular complexity index is 1090. The third-order valence-electron chi connectivity index (χ3n) is 5.71. The van der Waals surface area contributed by atoms with Crippen molar-refractivity contribution >= 4 is 41.2 Å². The summed E-state index contributed by atoms with van der Waals surface area (Å²) in [6.07, 6.45) is 0.916. The maximum absolute atomic E-state index is 11.6. The Hall–Kier alpha value is -3.31. The minimum absolute atomic E-state index is 0.0199. The molecule has 0 spiro atoms. The highest BCUT2D eigenvalue weighted by Gasteiger charge is 2.25. The summed E-state index contributed by atoms with van der Waals surface area (Å²) in [5.41, 5.74) is 0. The molecule has 1 saturated heterocycles. The van der Waals surface area contributed by atoms with Crippen molar-refractivity contribution in [3.63, 3.8) is 0 Å². The molecule has 0 bridgehead atoms. The number of rotatable bonds is 16. The van der Waals surface area contributed by atoms with Gasteiger partial charge in [-0.3, -0.25) is 14.5 Å². The van der Waals surface area contributed by atoms with Crippen molar-refractivity contribution in [1.82, 2.24) is 24.8 Å². The molecular weight excluding hydrogens is 556 g/mol. The third kappa shape index (κ3) is 10.6. The molecule has 1 aliphatic rings. The van der Waals surface area contributed by atoms with Crippen LogP contribution < -0.4 is 25.0 Å². The highest BCUT2D eigenvalue weighted by molar-refractivity contribution is 7.99. The van der Waals surface area contributed by atoms with Crippen LogP contribution in [0.25, 0.3) is 0 Å². The Morgan fingerprint density at radius 1 is 0.878 bits per heavy atom. The molecule has 2 aromatic rings. The van der Waals surface area contributed by atoms with Crippen LogP contribution in [0.15, 0.2) is 16.1 Å². The van der Waals surface area contributed by atoms with Crippen LogP contribution in [0, 0.1) is 0 Å². The number of piperazine rings is 1. The molecule has 16 heteroatoms. The van der Waals surface area contributed by atoms with Crippen LogP contribution in [0.3, 0.4) is 0 Å². The number of hydrogen-bond donors (Lipinski definition) is 3. The van der Waals surface area contributed by atoms with Crippen molar-refractivity contribution in [3.8, 4) is 11.8 Å². The molecule has 0 radical (unpaired) electrons. The monoisotopic (exact) mass is 594 g/mol. The largest absolute Gasteiger partial charge is 0.480 e. The maximum atomic E-state index is 11.6. The van der Waals surface area contributed by atoms with Crippen molar-refractivity contribution in [1.29, 1.82) is 0 Å². The molecule has 0 saturated carbocycles. The van der Waals surface area contributed by atoms with Crippen LogP contribution in [0.2, 0.25) is 0 Å². The molecule has 3 rings (SSSR count). The van der Waals surface area contributed by atoms with Gasteiger partial charge >= 0.3 is 0 Å². The molecule has 226 valence electrons. The van der Waals surface area contributed by atoms with Gasteiger partial charge in [0.25, 0.3) is 0 Å². The summed E-state index contributed by atoms with van der Waals surface area (Å²) in [5, 5.41) is 14.1. The van der Waals surface area contributed by atoms with E-state index < -0.39 is 0 Å². The molecule has 3 N–H and O–H groups in total. The summed E-state index contributed by atoms with van der Waals surface area (Å²) in [7, 11) is 3.01. The number of aliphatic hydroxyl groups is 1. The van der Waals surface area contributed by atoms with Crippen LogP contribution in [0.1, 0.15) is 20.3 Å². The molecule has 0 atom stereocenters. The smallest absolute Gasteiger partial charge is 0.236 e. The van der Waals surface area contributed by atoms with E-state index in [9.17, 15) is 9.59 Å². The van der Waals surface area contributed by atoms with E-state index in [0.29, 0.717) is 37.3 Å². The fraction of sp³-hybridized carbons (Fsp3) is 0.600. The Kier molecular flexibility index (Phi) is 13.2. The number of carbonyl (C=O) groups excluding carboxylic acids is 2. The number of hydrogen-bond acceptors (Lipinski definition) is 14. The molecule has 2 aromatic heterocycles. The summed E-state index contributed by atoms with van der Waals surface area (Å²) in [6, 6.07) is 1.46. The predicted octanol–water partition coefficient (Wildman–Crippen LogP) is 0.889. The summed E-state index contributed by atoms with van der Waals surface area (Å²) in [5.74, 6) is 0.885. The SMILES string of the molecule is COc1nc(N2CCN(CCCOCCOCCO)CC2)nc(OC)c1Sc1nc(NC(C)=O)cc(NC(C)=O)n1. The number of aliphatic hydroxyl groups excluding tert-OH is 1. The summed E-state index contributed by atoms with van der Waals surface area (Å²) in [6.45, 7) is 8.82.